The Morgan fingerprint density at radius 1 is 1.25 bits per heavy atom. The van der Waals surface area contributed by atoms with Gasteiger partial charge in [0.25, 0.3) is 15.9 Å². The van der Waals surface area contributed by atoms with Gasteiger partial charge in [-0.2, -0.15) is 5.10 Å². The smallest absolute Gasteiger partial charge is 0.257 e. The molecule has 0 atom stereocenters. The Labute approximate surface area is 163 Å². The van der Waals surface area contributed by atoms with Crippen molar-refractivity contribution in [3.63, 3.8) is 0 Å². The third-order valence-electron chi connectivity index (χ3n) is 4.51. The van der Waals surface area contributed by atoms with E-state index in [4.69, 9.17) is 0 Å². The molecular weight excluding hydrogens is 378 g/mol. The van der Waals surface area contributed by atoms with E-state index in [9.17, 15) is 13.2 Å². The van der Waals surface area contributed by atoms with Crippen LogP contribution >= 0.6 is 0 Å². The molecule has 0 fully saturated rings. The van der Waals surface area contributed by atoms with E-state index in [-0.39, 0.29) is 29.6 Å². The summed E-state index contributed by atoms with van der Waals surface area (Å²) in [6, 6.07) is 9.69. The summed E-state index contributed by atoms with van der Waals surface area (Å²) in [4.78, 5) is 16.2. The maximum atomic E-state index is 12.9. The molecule has 28 heavy (non-hydrogen) atoms. The predicted octanol–water partition coefficient (Wildman–Crippen LogP) is 1.33. The number of likely N-dealkylation sites (N-methyl/N-ethyl adjacent to an activating group) is 1. The van der Waals surface area contributed by atoms with Crippen molar-refractivity contribution >= 4 is 21.8 Å². The molecule has 2 aromatic rings. The summed E-state index contributed by atoms with van der Waals surface area (Å²) in [6.07, 6.45) is 8.63. The van der Waals surface area contributed by atoms with Crippen molar-refractivity contribution in [1.82, 2.24) is 19.6 Å². The lowest BCUT2D eigenvalue weighted by Gasteiger charge is -2.30. The summed E-state index contributed by atoms with van der Waals surface area (Å²) in [5.74, 6) is -0.167. The van der Waals surface area contributed by atoms with Gasteiger partial charge in [-0.1, -0.05) is 18.2 Å². The number of amidine groups is 1. The number of carbonyl (C=O) groups excluding carboxylic acids is 1. The SMILES string of the molecule is CN(Cc1cnn(-c2ccccc2)c1)C(=O)C1=CC=CN2CCS(=O)(=O)N=C12. The van der Waals surface area contributed by atoms with E-state index in [2.05, 4.69) is 9.50 Å². The summed E-state index contributed by atoms with van der Waals surface area (Å²) in [6.45, 7) is 0.628. The maximum Gasteiger partial charge on any atom is 0.257 e. The standard InChI is InChI=1S/C19H19N5O3S/c1-22(13-15-12-20-24(14-15)16-6-3-2-4-7-16)19(25)17-8-5-9-23-10-11-28(26,27)21-18(17)23/h2-9,12,14H,10-11,13H2,1H3. The van der Waals surface area contributed by atoms with Crippen LogP contribution in [0.3, 0.4) is 0 Å². The van der Waals surface area contributed by atoms with Crippen LogP contribution in [0.25, 0.3) is 5.69 Å². The minimum Gasteiger partial charge on any atom is -0.337 e. The molecule has 1 aromatic carbocycles. The third kappa shape index (κ3) is 3.61. The zero-order valence-corrected chi connectivity index (χ0v) is 16.1. The van der Waals surface area contributed by atoms with Crippen LogP contribution < -0.4 is 0 Å². The molecule has 144 valence electrons. The Morgan fingerprint density at radius 2 is 2.04 bits per heavy atom. The lowest BCUT2D eigenvalue weighted by Crippen LogP contribution is -2.42. The fraction of sp³-hybridized carbons (Fsp3) is 0.211. The Kier molecular flexibility index (Phi) is 4.60. The van der Waals surface area contributed by atoms with Crippen molar-refractivity contribution < 1.29 is 13.2 Å². The van der Waals surface area contributed by atoms with E-state index in [1.54, 1.807) is 41.2 Å². The van der Waals surface area contributed by atoms with Crippen LogP contribution in [-0.2, 0) is 21.4 Å². The van der Waals surface area contributed by atoms with Crippen LogP contribution in [0, 0.1) is 0 Å². The molecule has 0 radical (unpaired) electrons. The fourth-order valence-electron chi connectivity index (χ4n) is 3.10. The molecule has 2 aliphatic rings. The summed E-state index contributed by atoms with van der Waals surface area (Å²) < 4.78 is 29.3. The molecule has 3 heterocycles. The van der Waals surface area contributed by atoms with Crippen LogP contribution in [0.4, 0.5) is 0 Å². The molecule has 1 aromatic heterocycles. The van der Waals surface area contributed by atoms with Gasteiger partial charge in [-0.05, 0) is 24.3 Å². The van der Waals surface area contributed by atoms with Crippen LogP contribution in [0.5, 0.6) is 0 Å². The normalized spacial score (nSPS) is 17.5. The quantitative estimate of drug-likeness (QED) is 0.777. The number of hydrogen-bond acceptors (Lipinski definition) is 5. The van der Waals surface area contributed by atoms with E-state index < -0.39 is 10.0 Å². The number of fused-ring (bicyclic) bond motifs is 1. The lowest BCUT2D eigenvalue weighted by atomic mass is 10.1. The van der Waals surface area contributed by atoms with Gasteiger partial charge in [-0.25, -0.2) is 13.1 Å². The molecule has 0 spiro atoms. The number of nitrogens with zero attached hydrogens (tertiary/aromatic N) is 5. The second-order valence-corrected chi connectivity index (χ2v) is 8.36. The third-order valence-corrected chi connectivity index (χ3v) is 5.66. The van der Waals surface area contributed by atoms with Gasteiger partial charge >= 0.3 is 0 Å². The maximum absolute atomic E-state index is 12.9. The van der Waals surface area contributed by atoms with Gasteiger partial charge in [-0.3, -0.25) is 4.79 Å². The number of hydrogen-bond donors (Lipinski definition) is 0. The highest BCUT2D eigenvalue weighted by Crippen LogP contribution is 2.20. The average Bonchev–Trinajstić information content (AvgIpc) is 3.15. The zero-order valence-electron chi connectivity index (χ0n) is 15.3. The first-order chi connectivity index (χ1) is 13.4. The van der Waals surface area contributed by atoms with Crippen LogP contribution in [0.2, 0.25) is 0 Å². The first kappa shape index (κ1) is 18.2. The molecule has 0 bridgehead atoms. The summed E-state index contributed by atoms with van der Waals surface area (Å²) in [5.41, 5.74) is 2.06. The Hall–Kier alpha value is -3.20. The van der Waals surface area contributed by atoms with E-state index in [1.165, 1.54) is 4.90 Å². The van der Waals surface area contributed by atoms with Crippen molar-refractivity contribution in [2.24, 2.45) is 4.40 Å². The summed E-state index contributed by atoms with van der Waals surface area (Å²) >= 11 is 0. The molecule has 0 unspecified atom stereocenters. The van der Waals surface area contributed by atoms with Crippen molar-refractivity contribution in [3.8, 4) is 5.69 Å². The highest BCUT2D eigenvalue weighted by molar-refractivity contribution is 7.90. The van der Waals surface area contributed by atoms with Gasteiger partial charge in [0, 0.05) is 38.1 Å². The topological polar surface area (TPSA) is 87.9 Å². The fourth-order valence-corrected chi connectivity index (χ4v) is 4.08. The van der Waals surface area contributed by atoms with Crippen LogP contribution in [-0.4, -0.2) is 59.1 Å². The second-order valence-electron chi connectivity index (χ2n) is 6.61. The van der Waals surface area contributed by atoms with Gasteiger partial charge in [-0.15, -0.1) is 4.40 Å². The minimum absolute atomic E-state index is 0.0587. The molecule has 1 amide bonds. The van der Waals surface area contributed by atoms with Gasteiger partial charge in [0.15, 0.2) is 5.84 Å². The Bertz CT molecular complexity index is 1100. The molecule has 0 N–H and O–H groups in total. The molecule has 0 aliphatic carbocycles. The number of rotatable bonds is 4. The highest BCUT2D eigenvalue weighted by Gasteiger charge is 2.31. The first-order valence-corrected chi connectivity index (χ1v) is 10.4. The predicted molar refractivity (Wildman–Crippen MR) is 105 cm³/mol. The van der Waals surface area contributed by atoms with E-state index in [0.717, 1.165) is 11.3 Å². The second kappa shape index (κ2) is 7.08. The van der Waals surface area contributed by atoms with Crippen LogP contribution in [0.15, 0.2) is 71.0 Å². The van der Waals surface area contributed by atoms with Gasteiger partial charge in [0.1, 0.15) is 0 Å². The summed E-state index contributed by atoms with van der Waals surface area (Å²) in [7, 11) is -1.87. The number of amides is 1. The molecule has 0 saturated heterocycles. The molecular formula is C19H19N5O3S. The Balaban J connectivity index is 1.52. The number of benzene rings is 1. The van der Waals surface area contributed by atoms with Crippen molar-refractivity contribution in [3.05, 3.63) is 72.2 Å². The minimum atomic E-state index is -3.54. The van der Waals surface area contributed by atoms with E-state index in [1.807, 2.05) is 36.5 Å². The van der Waals surface area contributed by atoms with Gasteiger partial charge in [0.2, 0.25) is 0 Å². The van der Waals surface area contributed by atoms with E-state index in [0.29, 0.717) is 6.54 Å². The number of sulfonamides is 1. The van der Waals surface area contributed by atoms with Gasteiger partial charge < -0.3 is 9.80 Å². The largest absolute Gasteiger partial charge is 0.337 e. The monoisotopic (exact) mass is 397 g/mol. The molecule has 8 nitrogen and oxygen atoms in total. The number of para-hydroxylation sites is 1. The van der Waals surface area contributed by atoms with Crippen molar-refractivity contribution in [2.75, 3.05) is 19.3 Å². The number of allylic oxidation sites excluding steroid dienone is 2. The van der Waals surface area contributed by atoms with E-state index >= 15 is 0 Å². The number of carbonyl (C=O) groups is 1. The number of aromatic nitrogens is 2. The van der Waals surface area contributed by atoms with Crippen molar-refractivity contribution in [1.29, 1.82) is 0 Å². The van der Waals surface area contributed by atoms with Crippen molar-refractivity contribution in [2.45, 2.75) is 6.54 Å². The lowest BCUT2D eigenvalue weighted by molar-refractivity contribution is -0.125. The van der Waals surface area contributed by atoms with Gasteiger partial charge in [0.05, 0.1) is 23.2 Å². The molecule has 0 saturated carbocycles. The first-order valence-electron chi connectivity index (χ1n) is 8.75. The average molecular weight is 397 g/mol. The molecule has 9 heteroatoms. The zero-order chi connectivity index (χ0) is 19.7. The Morgan fingerprint density at radius 3 is 2.82 bits per heavy atom. The molecule has 2 aliphatic heterocycles. The van der Waals surface area contributed by atoms with Crippen LogP contribution in [0.1, 0.15) is 5.56 Å². The summed E-state index contributed by atoms with van der Waals surface area (Å²) in [5, 5.41) is 4.34. The highest BCUT2D eigenvalue weighted by atomic mass is 32.2. The molecule has 4 rings (SSSR count).